The van der Waals surface area contributed by atoms with Gasteiger partial charge in [-0.2, -0.15) is 0 Å². The third kappa shape index (κ3) is 5.64. The molecule has 0 spiro atoms. The molecule has 1 N–H and O–H groups in total. The van der Waals surface area contributed by atoms with Crippen molar-refractivity contribution in [2.24, 2.45) is 0 Å². The number of rotatable bonds is 11. The molecule has 0 amide bonds. The van der Waals surface area contributed by atoms with Crippen LogP contribution in [0.1, 0.15) is 49.5 Å². The van der Waals surface area contributed by atoms with E-state index in [0.717, 1.165) is 29.7 Å². The number of hydrogen-bond donors (Lipinski definition) is 1. The molecule has 1 heterocycles. The van der Waals surface area contributed by atoms with Crippen LogP contribution >= 0.6 is 22.9 Å². The molecule has 1 aromatic heterocycles. The van der Waals surface area contributed by atoms with E-state index in [1.54, 1.807) is 6.07 Å². The van der Waals surface area contributed by atoms with Crippen LogP contribution < -0.4 is 9.47 Å². The van der Waals surface area contributed by atoms with Crippen LogP contribution in [-0.4, -0.2) is 24.3 Å². The minimum absolute atomic E-state index is 0.353. The van der Waals surface area contributed by atoms with Gasteiger partial charge in [0.2, 0.25) is 0 Å². The number of ether oxygens (including phenoxy) is 2. The van der Waals surface area contributed by atoms with E-state index in [9.17, 15) is 9.90 Å². The zero-order valence-corrected chi connectivity index (χ0v) is 16.7. The van der Waals surface area contributed by atoms with Gasteiger partial charge in [0, 0.05) is 4.88 Å². The van der Waals surface area contributed by atoms with Crippen LogP contribution in [0.3, 0.4) is 0 Å². The minimum atomic E-state index is -0.846. The lowest BCUT2D eigenvalue weighted by Crippen LogP contribution is -2.13. The van der Waals surface area contributed by atoms with Crippen LogP contribution in [0.15, 0.2) is 29.6 Å². The monoisotopic (exact) mass is 396 g/mol. The molecule has 4 nitrogen and oxygen atoms in total. The highest BCUT2D eigenvalue weighted by atomic mass is 35.5. The number of carbonyl (C=O) groups is 1. The molecule has 1 atom stereocenters. The summed E-state index contributed by atoms with van der Waals surface area (Å²) in [6.45, 7) is 5.10. The van der Waals surface area contributed by atoms with E-state index < -0.39 is 11.9 Å². The number of carboxylic acid groups (broad SMARTS) is 1. The van der Waals surface area contributed by atoms with Gasteiger partial charge >= 0.3 is 5.97 Å². The lowest BCUT2D eigenvalue weighted by molar-refractivity contribution is -0.138. The summed E-state index contributed by atoms with van der Waals surface area (Å²) in [6.07, 6.45) is 3.53. The van der Waals surface area contributed by atoms with Crippen molar-refractivity contribution < 1.29 is 19.4 Å². The normalized spacial score (nSPS) is 12.0. The summed E-state index contributed by atoms with van der Waals surface area (Å²) in [4.78, 5) is 12.5. The summed E-state index contributed by atoms with van der Waals surface area (Å²) in [7, 11) is 0. The number of carboxylic acids is 1. The zero-order valence-electron chi connectivity index (χ0n) is 15.2. The highest BCUT2D eigenvalue weighted by molar-refractivity contribution is 7.10. The Hall–Kier alpha value is -1.72. The summed E-state index contributed by atoms with van der Waals surface area (Å²) in [5, 5.41) is 11.9. The Kier molecular flexibility index (Phi) is 8.26. The largest absolute Gasteiger partial charge is 0.490 e. The Morgan fingerprint density at radius 2 is 2.08 bits per heavy atom. The second kappa shape index (κ2) is 10.4. The molecule has 6 heteroatoms. The lowest BCUT2D eigenvalue weighted by atomic mass is 9.97. The average molecular weight is 397 g/mol. The van der Waals surface area contributed by atoms with Gasteiger partial charge < -0.3 is 14.6 Å². The number of thiophene rings is 1. The van der Waals surface area contributed by atoms with Crippen LogP contribution in [0, 0.1) is 0 Å². The highest BCUT2D eigenvalue weighted by Gasteiger charge is 2.23. The molecule has 26 heavy (non-hydrogen) atoms. The van der Waals surface area contributed by atoms with Gasteiger partial charge in [0.1, 0.15) is 0 Å². The molecule has 0 aliphatic heterocycles. The van der Waals surface area contributed by atoms with Gasteiger partial charge in [0.25, 0.3) is 0 Å². The van der Waals surface area contributed by atoms with Crippen LogP contribution in [0.5, 0.6) is 11.5 Å². The second-order valence-corrected chi connectivity index (χ2v) is 7.39. The van der Waals surface area contributed by atoms with E-state index in [1.807, 2.05) is 30.5 Å². The average Bonchev–Trinajstić information content (AvgIpc) is 3.12. The SMILES string of the molecule is CCCCCOc1c(Cl)cc(CC(C(=O)O)c2cccs2)cc1OCC. The van der Waals surface area contributed by atoms with Crippen LogP contribution in [0.25, 0.3) is 0 Å². The summed E-state index contributed by atoms with van der Waals surface area (Å²) < 4.78 is 11.5. The molecule has 0 aliphatic rings. The number of unbranched alkanes of at least 4 members (excludes halogenated alkanes) is 2. The summed E-state index contributed by atoms with van der Waals surface area (Å²) in [5.41, 5.74) is 0.820. The first kappa shape index (κ1) is 20.6. The fourth-order valence-electron chi connectivity index (χ4n) is 2.70. The predicted octanol–water partition coefficient (Wildman–Crippen LogP) is 5.78. The standard InChI is InChI=1S/C20H25ClO4S/c1-3-5-6-9-25-19-16(21)12-14(13-17(19)24-4-2)11-15(20(22)23)18-8-7-10-26-18/h7-8,10,12-13,15H,3-6,9,11H2,1-2H3,(H,22,23). The molecular weight excluding hydrogens is 372 g/mol. The first-order chi connectivity index (χ1) is 12.6. The van der Waals surface area contributed by atoms with E-state index >= 15 is 0 Å². The van der Waals surface area contributed by atoms with Gasteiger partial charge in [-0.05, 0) is 48.9 Å². The van der Waals surface area contributed by atoms with Crippen molar-refractivity contribution in [2.45, 2.75) is 45.4 Å². The molecule has 0 fully saturated rings. The first-order valence-corrected chi connectivity index (χ1v) is 10.2. The number of aliphatic carboxylic acids is 1. The van der Waals surface area contributed by atoms with Crippen molar-refractivity contribution in [1.29, 1.82) is 0 Å². The number of hydrogen-bond acceptors (Lipinski definition) is 4. The summed E-state index contributed by atoms with van der Waals surface area (Å²) in [5.74, 6) is -0.337. The van der Waals surface area contributed by atoms with E-state index in [-0.39, 0.29) is 0 Å². The van der Waals surface area contributed by atoms with Gasteiger partial charge in [0.15, 0.2) is 11.5 Å². The number of benzene rings is 1. The smallest absolute Gasteiger partial charge is 0.312 e. The van der Waals surface area contributed by atoms with E-state index in [2.05, 4.69) is 6.92 Å². The minimum Gasteiger partial charge on any atom is -0.490 e. The van der Waals surface area contributed by atoms with Crippen LogP contribution in [-0.2, 0) is 11.2 Å². The fourth-order valence-corrected chi connectivity index (χ4v) is 3.81. The molecular formula is C20H25ClO4S. The maximum absolute atomic E-state index is 11.7. The van der Waals surface area contributed by atoms with E-state index in [4.69, 9.17) is 21.1 Å². The van der Waals surface area contributed by atoms with Gasteiger partial charge in [-0.25, -0.2) is 0 Å². The molecule has 1 aromatic carbocycles. The molecule has 0 saturated heterocycles. The van der Waals surface area contributed by atoms with Crippen molar-refractivity contribution in [2.75, 3.05) is 13.2 Å². The van der Waals surface area contributed by atoms with Gasteiger partial charge in [-0.3, -0.25) is 4.79 Å². The van der Waals surface area contributed by atoms with Crippen molar-refractivity contribution in [3.8, 4) is 11.5 Å². The Labute approximate surface area is 163 Å². The fraction of sp³-hybridized carbons (Fsp3) is 0.450. The van der Waals surface area contributed by atoms with Crippen LogP contribution in [0.4, 0.5) is 0 Å². The topological polar surface area (TPSA) is 55.8 Å². The van der Waals surface area contributed by atoms with Crippen molar-refractivity contribution in [3.63, 3.8) is 0 Å². The van der Waals surface area contributed by atoms with Gasteiger partial charge in [-0.1, -0.05) is 37.4 Å². The Morgan fingerprint density at radius 3 is 2.69 bits per heavy atom. The Balaban J connectivity index is 2.22. The quantitative estimate of drug-likeness (QED) is 0.489. The molecule has 2 rings (SSSR count). The van der Waals surface area contributed by atoms with E-state index in [1.165, 1.54) is 11.3 Å². The maximum Gasteiger partial charge on any atom is 0.312 e. The molecule has 0 aliphatic carbocycles. The maximum atomic E-state index is 11.7. The number of halogens is 1. The zero-order chi connectivity index (χ0) is 18.9. The molecule has 1 unspecified atom stereocenters. The highest BCUT2D eigenvalue weighted by Crippen LogP contribution is 2.38. The van der Waals surface area contributed by atoms with Gasteiger partial charge in [-0.15, -0.1) is 11.3 Å². The Bertz CT molecular complexity index is 700. The molecule has 0 saturated carbocycles. The van der Waals surface area contributed by atoms with Crippen molar-refractivity contribution in [1.82, 2.24) is 0 Å². The molecule has 142 valence electrons. The second-order valence-electron chi connectivity index (χ2n) is 6.00. The molecule has 2 aromatic rings. The lowest BCUT2D eigenvalue weighted by Gasteiger charge is -2.17. The van der Waals surface area contributed by atoms with Crippen molar-refractivity contribution >= 4 is 28.9 Å². The summed E-state index contributed by atoms with van der Waals surface area (Å²) in [6, 6.07) is 7.33. The molecule has 0 bridgehead atoms. The first-order valence-electron chi connectivity index (χ1n) is 8.91. The van der Waals surface area contributed by atoms with Crippen molar-refractivity contribution in [3.05, 3.63) is 45.1 Å². The predicted molar refractivity (Wildman–Crippen MR) is 106 cm³/mol. The van der Waals surface area contributed by atoms with Gasteiger partial charge in [0.05, 0.1) is 24.2 Å². The van der Waals surface area contributed by atoms with E-state index in [0.29, 0.717) is 36.2 Å². The Morgan fingerprint density at radius 1 is 1.27 bits per heavy atom. The molecule has 0 radical (unpaired) electrons. The summed E-state index contributed by atoms with van der Waals surface area (Å²) >= 11 is 7.87. The van der Waals surface area contributed by atoms with Crippen LogP contribution in [0.2, 0.25) is 5.02 Å². The third-order valence-corrected chi connectivity index (χ3v) is 5.25. The third-order valence-electron chi connectivity index (χ3n) is 3.99.